The summed E-state index contributed by atoms with van der Waals surface area (Å²) in [5, 5.41) is 2.92. The van der Waals surface area contributed by atoms with Crippen molar-refractivity contribution in [3.05, 3.63) is 65.2 Å². The second-order valence-corrected chi connectivity index (χ2v) is 8.60. The Morgan fingerprint density at radius 1 is 1.11 bits per heavy atom. The first-order valence-corrected chi connectivity index (χ1v) is 10.6. The molecule has 1 aliphatic carbocycles. The van der Waals surface area contributed by atoms with Gasteiger partial charge in [0.2, 0.25) is 0 Å². The molecule has 0 heterocycles. The van der Waals surface area contributed by atoms with Crippen molar-refractivity contribution in [3.63, 3.8) is 0 Å². The molecule has 0 aliphatic heterocycles. The van der Waals surface area contributed by atoms with Gasteiger partial charge in [-0.15, -0.1) is 0 Å². The minimum absolute atomic E-state index is 0.0739. The minimum atomic E-state index is -3.33. The highest BCUT2D eigenvalue weighted by Crippen LogP contribution is 2.29. The second-order valence-electron chi connectivity index (χ2n) is 6.58. The van der Waals surface area contributed by atoms with Crippen molar-refractivity contribution in [2.75, 3.05) is 12.9 Å². The van der Waals surface area contributed by atoms with Gasteiger partial charge in [0.1, 0.15) is 0 Å². The van der Waals surface area contributed by atoms with Crippen LogP contribution in [-0.2, 0) is 25.8 Å². The van der Waals surface area contributed by atoms with Crippen molar-refractivity contribution >= 4 is 21.7 Å². The van der Waals surface area contributed by atoms with E-state index in [1.165, 1.54) is 29.8 Å². The maximum Gasteiger partial charge on any atom is 0.338 e. The summed E-state index contributed by atoms with van der Waals surface area (Å²) >= 11 is 0. The van der Waals surface area contributed by atoms with Gasteiger partial charge in [-0.05, 0) is 54.7 Å². The van der Waals surface area contributed by atoms with Crippen molar-refractivity contribution in [2.24, 2.45) is 0 Å². The molecule has 6 nitrogen and oxygen atoms in total. The van der Waals surface area contributed by atoms with Gasteiger partial charge in [0.25, 0.3) is 5.91 Å². The summed E-state index contributed by atoms with van der Waals surface area (Å²) in [6.07, 6.45) is 3.94. The quantitative estimate of drug-likeness (QED) is 0.796. The Morgan fingerprint density at radius 2 is 1.81 bits per heavy atom. The van der Waals surface area contributed by atoms with Crippen LogP contribution in [0.3, 0.4) is 0 Å². The fourth-order valence-corrected chi connectivity index (χ4v) is 3.82. The average Bonchev–Trinajstić information content (AvgIpc) is 2.66. The zero-order valence-corrected chi connectivity index (χ0v) is 15.8. The third kappa shape index (κ3) is 4.74. The van der Waals surface area contributed by atoms with Gasteiger partial charge in [-0.1, -0.05) is 24.3 Å². The number of carbonyl (C=O) groups is 2. The van der Waals surface area contributed by atoms with Gasteiger partial charge in [-0.3, -0.25) is 4.79 Å². The lowest BCUT2D eigenvalue weighted by atomic mass is 9.88. The van der Waals surface area contributed by atoms with E-state index in [4.69, 9.17) is 4.74 Å². The first kappa shape index (κ1) is 19.1. The Morgan fingerprint density at radius 3 is 2.52 bits per heavy atom. The van der Waals surface area contributed by atoms with Gasteiger partial charge in [-0.2, -0.15) is 0 Å². The molecule has 0 unspecified atom stereocenters. The Labute approximate surface area is 158 Å². The van der Waals surface area contributed by atoms with Crippen LogP contribution in [0.15, 0.2) is 53.4 Å². The van der Waals surface area contributed by atoms with Crippen LogP contribution in [0, 0.1) is 0 Å². The number of aryl methyl sites for hydroxylation is 1. The lowest BCUT2D eigenvalue weighted by Gasteiger charge is -2.26. The monoisotopic (exact) mass is 387 g/mol. The number of benzene rings is 2. The van der Waals surface area contributed by atoms with Crippen LogP contribution in [0.25, 0.3) is 0 Å². The Kier molecular flexibility index (Phi) is 5.60. The fourth-order valence-electron chi connectivity index (χ4n) is 3.19. The molecule has 1 aliphatic rings. The number of sulfone groups is 1. The van der Waals surface area contributed by atoms with Gasteiger partial charge in [0, 0.05) is 6.26 Å². The molecule has 27 heavy (non-hydrogen) atoms. The van der Waals surface area contributed by atoms with Crippen molar-refractivity contribution in [1.29, 1.82) is 0 Å². The highest BCUT2D eigenvalue weighted by Gasteiger charge is 2.22. The summed E-state index contributed by atoms with van der Waals surface area (Å²) < 4.78 is 27.9. The molecule has 142 valence electrons. The predicted octanol–water partition coefficient (Wildman–Crippen LogP) is 2.44. The molecular weight excluding hydrogens is 366 g/mol. The topological polar surface area (TPSA) is 89.5 Å². The van der Waals surface area contributed by atoms with Crippen LogP contribution in [0.5, 0.6) is 0 Å². The van der Waals surface area contributed by atoms with E-state index in [9.17, 15) is 18.0 Å². The molecule has 0 fully saturated rings. The number of hydrogen-bond acceptors (Lipinski definition) is 5. The summed E-state index contributed by atoms with van der Waals surface area (Å²) in [6, 6.07) is 13.3. The molecule has 0 bridgehead atoms. The summed E-state index contributed by atoms with van der Waals surface area (Å²) in [5.74, 6) is -1.04. The van der Waals surface area contributed by atoms with E-state index < -0.39 is 15.8 Å². The number of ether oxygens (including phenoxy) is 1. The van der Waals surface area contributed by atoms with Gasteiger partial charge >= 0.3 is 5.97 Å². The number of nitrogens with one attached hydrogen (secondary N) is 1. The number of hydrogen-bond donors (Lipinski definition) is 1. The Hall–Kier alpha value is -2.67. The lowest BCUT2D eigenvalue weighted by Crippen LogP contribution is -2.34. The van der Waals surface area contributed by atoms with Crippen LogP contribution in [0.2, 0.25) is 0 Å². The Balaban J connectivity index is 1.56. The van der Waals surface area contributed by atoms with Gasteiger partial charge < -0.3 is 10.1 Å². The molecule has 3 rings (SSSR count). The SMILES string of the molecule is CS(=O)(=O)c1ccc(C(=O)OCC(=O)N[C@@H]2CCCc3ccccc32)cc1. The van der Waals surface area contributed by atoms with E-state index in [2.05, 4.69) is 11.4 Å². The highest BCUT2D eigenvalue weighted by atomic mass is 32.2. The van der Waals surface area contributed by atoms with Crippen LogP contribution in [0.4, 0.5) is 0 Å². The highest BCUT2D eigenvalue weighted by molar-refractivity contribution is 7.90. The van der Waals surface area contributed by atoms with Crippen LogP contribution in [0.1, 0.15) is 40.4 Å². The van der Waals surface area contributed by atoms with E-state index in [0.717, 1.165) is 31.1 Å². The molecule has 0 saturated carbocycles. The fraction of sp³-hybridized carbons (Fsp3) is 0.300. The smallest absolute Gasteiger partial charge is 0.338 e. The van der Waals surface area contributed by atoms with E-state index in [0.29, 0.717) is 0 Å². The largest absolute Gasteiger partial charge is 0.452 e. The third-order valence-corrected chi connectivity index (χ3v) is 5.69. The van der Waals surface area contributed by atoms with Crippen LogP contribution in [-0.4, -0.2) is 33.2 Å². The summed E-state index contributed by atoms with van der Waals surface area (Å²) in [6.45, 7) is -0.384. The van der Waals surface area contributed by atoms with Crippen molar-refractivity contribution in [3.8, 4) is 0 Å². The lowest BCUT2D eigenvalue weighted by molar-refractivity contribution is -0.125. The van der Waals surface area contributed by atoms with Gasteiger partial charge in [0.05, 0.1) is 16.5 Å². The molecule has 7 heteroatoms. The molecule has 0 saturated heterocycles. The molecule has 0 aromatic heterocycles. The molecule has 1 N–H and O–H groups in total. The van der Waals surface area contributed by atoms with Gasteiger partial charge in [0.15, 0.2) is 16.4 Å². The van der Waals surface area contributed by atoms with Crippen LogP contribution >= 0.6 is 0 Å². The van der Waals surface area contributed by atoms with E-state index in [-0.39, 0.29) is 29.0 Å². The van der Waals surface area contributed by atoms with E-state index >= 15 is 0 Å². The second kappa shape index (κ2) is 7.92. The summed E-state index contributed by atoms with van der Waals surface area (Å²) in [7, 11) is -3.33. The molecule has 1 atom stereocenters. The van der Waals surface area contributed by atoms with Crippen molar-refractivity contribution in [2.45, 2.75) is 30.2 Å². The van der Waals surface area contributed by atoms with E-state index in [1.807, 2.05) is 18.2 Å². The van der Waals surface area contributed by atoms with Crippen LogP contribution < -0.4 is 5.32 Å². The first-order chi connectivity index (χ1) is 12.8. The molecule has 0 spiro atoms. The molecule has 2 aromatic rings. The first-order valence-electron chi connectivity index (χ1n) is 8.69. The molecular formula is C20H21NO5S. The number of carbonyl (C=O) groups excluding carboxylic acids is 2. The van der Waals surface area contributed by atoms with Crippen molar-refractivity contribution < 1.29 is 22.7 Å². The van der Waals surface area contributed by atoms with Crippen molar-refractivity contribution in [1.82, 2.24) is 5.32 Å². The number of rotatable bonds is 5. The standard InChI is InChI=1S/C20H21NO5S/c1-27(24,25)16-11-9-15(10-12-16)20(23)26-13-19(22)21-18-8-4-6-14-5-2-3-7-17(14)18/h2-3,5,7,9-12,18H,4,6,8,13H2,1H3,(H,21,22)/t18-/m1/s1. The molecule has 1 amide bonds. The Bertz CT molecular complexity index is 951. The third-order valence-electron chi connectivity index (χ3n) is 4.56. The maximum absolute atomic E-state index is 12.2. The number of amides is 1. The molecule has 2 aromatic carbocycles. The summed E-state index contributed by atoms with van der Waals surface area (Å²) in [5.41, 5.74) is 2.54. The predicted molar refractivity (Wildman–Crippen MR) is 100 cm³/mol. The zero-order chi connectivity index (χ0) is 19.4. The average molecular weight is 387 g/mol. The number of esters is 1. The normalized spacial score (nSPS) is 16.3. The van der Waals surface area contributed by atoms with E-state index in [1.54, 1.807) is 0 Å². The zero-order valence-electron chi connectivity index (χ0n) is 15.0. The summed E-state index contributed by atoms with van der Waals surface area (Å²) in [4.78, 5) is 24.3. The minimum Gasteiger partial charge on any atom is -0.452 e. The maximum atomic E-state index is 12.2. The number of fused-ring (bicyclic) bond motifs is 1. The van der Waals surface area contributed by atoms with Gasteiger partial charge in [-0.25, -0.2) is 13.2 Å². The molecule has 0 radical (unpaired) electrons.